The molecule has 0 aromatic carbocycles. The number of amides is 1. The number of quaternary nitrogens is 1. The third-order valence-electron chi connectivity index (χ3n) is 17.1. The highest BCUT2D eigenvalue weighted by Gasteiger charge is 2.23. The van der Waals surface area contributed by atoms with E-state index in [9.17, 15) is 19.4 Å². The van der Waals surface area contributed by atoms with E-state index in [0.29, 0.717) is 17.4 Å². The van der Waals surface area contributed by atoms with Gasteiger partial charge in [-0.2, -0.15) is 0 Å². The average Bonchev–Trinajstić information content (AvgIpc) is 3.70. The molecule has 0 heterocycles. The maximum Gasteiger partial charge on any atom is 0.268 e. The summed E-state index contributed by atoms with van der Waals surface area (Å²) in [6, 6.07) is -0.907. The van der Waals surface area contributed by atoms with Gasteiger partial charge in [0.15, 0.2) is 0 Å². The molecule has 88 heavy (non-hydrogen) atoms. The Balaban J connectivity index is 4.00. The predicted molar refractivity (Wildman–Crippen MR) is 385 cm³/mol. The van der Waals surface area contributed by atoms with Crippen molar-refractivity contribution in [2.75, 3.05) is 40.9 Å². The molecule has 3 unspecified atom stereocenters. The molecule has 0 saturated carbocycles. The number of allylic oxidation sites excluding steroid dienone is 13. The molecule has 8 nitrogen and oxygen atoms in total. The van der Waals surface area contributed by atoms with Crippen LogP contribution in [0.1, 0.15) is 361 Å². The number of hydrogen-bond acceptors (Lipinski definition) is 6. The summed E-state index contributed by atoms with van der Waals surface area (Å²) in [4.78, 5) is 25.7. The lowest BCUT2D eigenvalue weighted by atomic mass is 10.0. The van der Waals surface area contributed by atoms with E-state index < -0.39 is 26.6 Å². The van der Waals surface area contributed by atoms with Crippen LogP contribution in [-0.2, 0) is 18.4 Å². The van der Waals surface area contributed by atoms with E-state index in [1.54, 1.807) is 6.08 Å². The first-order chi connectivity index (χ1) is 43.0. The van der Waals surface area contributed by atoms with Crippen LogP contribution in [0.15, 0.2) is 85.1 Å². The molecule has 3 atom stereocenters. The fourth-order valence-electron chi connectivity index (χ4n) is 11.3. The van der Waals surface area contributed by atoms with E-state index in [2.05, 4.69) is 92.1 Å². The van der Waals surface area contributed by atoms with Gasteiger partial charge in [-0.25, -0.2) is 0 Å². The number of carbonyl (C=O) groups is 1. The fourth-order valence-corrected chi connectivity index (χ4v) is 12.0. The smallest absolute Gasteiger partial charge is 0.268 e. The summed E-state index contributed by atoms with van der Waals surface area (Å²) >= 11 is 0. The van der Waals surface area contributed by atoms with Crippen LogP contribution >= 0.6 is 7.82 Å². The lowest BCUT2D eigenvalue weighted by molar-refractivity contribution is -0.870. The number of phosphoric ester groups is 1. The van der Waals surface area contributed by atoms with Crippen molar-refractivity contribution in [3.8, 4) is 0 Å². The fraction of sp³-hybridized carbons (Fsp3) is 0.810. The molecule has 0 aromatic heterocycles. The minimum Gasteiger partial charge on any atom is -0.756 e. The minimum absolute atomic E-state index is 0.00645. The molecule has 0 aliphatic heterocycles. The zero-order chi connectivity index (χ0) is 64.1. The van der Waals surface area contributed by atoms with Crippen molar-refractivity contribution in [3.63, 3.8) is 0 Å². The number of unbranched alkanes of at least 4 members (excludes halogenated alkanes) is 45. The maximum absolute atomic E-state index is 13.1. The summed E-state index contributed by atoms with van der Waals surface area (Å²) in [6.45, 7) is 4.56. The Hall–Kier alpha value is -2.32. The normalized spacial score (nSPS) is 14.0. The molecule has 2 N–H and O–H groups in total. The Labute approximate surface area is 547 Å². The molecule has 0 aromatic rings. The van der Waals surface area contributed by atoms with Crippen molar-refractivity contribution in [2.24, 2.45) is 0 Å². The summed E-state index contributed by atoms with van der Waals surface area (Å²) in [5, 5.41) is 14.0. The van der Waals surface area contributed by atoms with Crippen molar-refractivity contribution in [3.05, 3.63) is 85.1 Å². The highest BCUT2D eigenvalue weighted by atomic mass is 31.2. The summed E-state index contributed by atoms with van der Waals surface area (Å²) < 4.78 is 23.5. The number of nitrogens with zero attached hydrogens (tertiary/aromatic N) is 1. The van der Waals surface area contributed by atoms with Gasteiger partial charge in [-0.3, -0.25) is 9.36 Å². The molecular weight excluding hydrogens is 1100 g/mol. The van der Waals surface area contributed by atoms with Gasteiger partial charge in [-0.1, -0.05) is 362 Å². The van der Waals surface area contributed by atoms with Crippen LogP contribution in [0.2, 0.25) is 0 Å². The predicted octanol–water partition coefficient (Wildman–Crippen LogP) is 24.0. The lowest BCUT2D eigenvalue weighted by Crippen LogP contribution is -2.45. The van der Waals surface area contributed by atoms with Crippen molar-refractivity contribution in [1.82, 2.24) is 5.32 Å². The van der Waals surface area contributed by atoms with E-state index in [-0.39, 0.29) is 12.5 Å². The van der Waals surface area contributed by atoms with E-state index in [1.807, 2.05) is 27.2 Å². The first-order valence-electron chi connectivity index (χ1n) is 37.9. The summed E-state index contributed by atoms with van der Waals surface area (Å²) in [6.07, 6.45) is 98.8. The Morgan fingerprint density at radius 3 is 1.06 bits per heavy atom. The zero-order valence-corrected chi connectivity index (χ0v) is 59.8. The van der Waals surface area contributed by atoms with Gasteiger partial charge in [-0.05, 0) is 77.0 Å². The molecule has 1 amide bonds. The number of rotatable bonds is 70. The largest absolute Gasteiger partial charge is 0.756 e. The highest BCUT2D eigenvalue weighted by Crippen LogP contribution is 2.38. The summed E-state index contributed by atoms with van der Waals surface area (Å²) in [7, 11) is 1.25. The van der Waals surface area contributed by atoms with Gasteiger partial charge in [-0.15, -0.1) is 0 Å². The maximum atomic E-state index is 13.1. The summed E-state index contributed by atoms with van der Waals surface area (Å²) in [5.74, 6) is -0.202. The average molecular weight is 1250 g/mol. The first-order valence-corrected chi connectivity index (χ1v) is 39.4. The van der Waals surface area contributed by atoms with Crippen molar-refractivity contribution >= 4 is 13.7 Å². The molecule has 0 bridgehead atoms. The van der Waals surface area contributed by atoms with Crippen LogP contribution in [0.3, 0.4) is 0 Å². The van der Waals surface area contributed by atoms with E-state index in [0.717, 1.165) is 70.6 Å². The van der Waals surface area contributed by atoms with Gasteiger partial charge in [0, 0.05) is 6.42 Å². The van der Waals surface area contributed by atoms with Crippen LogP contribution in [0.25, 0.3) is 0 Å². The SMILES string of the molecule is CC/C=C\C/C=C\C/C=C\C/C=C\C/C=C\CCCCCCCCCCCCCCCCCCCCCCCCCC(=O)NC(COP(=O)([O-])OCC[N+](C)(C)C)C(O)/C=C/CC/C=C/CCCCCCCCCCCCCCCCCCCCCCC. The van der Waals surface area contributed by atoms with E-state index in [4.69, 9.17) is 9.05 Å². The summed E-state index contributed by atoms with van der Waals surface area (Å²) in [5.41, 5.74) is 0. The molecular formula is C79H147N2O6P. The number of nitrogens with one attached hydrogen (secondary N) is 1. The van der Waals surface area contributed by atoms with Crippen LogP contribution < -0.4 is 10.2 Å². The number of hydrogen-bond donors (Lipinski definition) is 2. The third kappa shape index (κ3) is 71.1. The molecule has 0 fully saturated rings. The molecule has 0 aliphatic carbocycles. The third-order valence-corrected chi connectivity index (χ3v) is 18.1. The monoisotopic (exact) mass is 1250 g/mol. The number of aliphatic hydroxyl groups is 1. The van der Waals surface area contributed by atoms with E-state index in [1.165, 1.54) is 270 Å². The number of phosphoric acid groups is 1. The van der Waals surface area contributed by atoms with Crippen LogP contribution in [0.4, 0.5) is 0 Å². The standard InChI is InChI=1S/C79H147N2O6P/c1-6-8-10-12-14-16-18-20-22-24-26-28-30-32-34-35-36-37-38-39-40-41-42-43-44-45-47-49-51-53-55-57-59-61-63-65-67-69-71-73-79(83)80-77(76-87-88(84,85)86-75-74-81(3,4)5)78(82)72-70-68-66-64-62-60-58-56-54-52-50-48-46-33-31-29-27-25-23-21-19-17-15-13-11-9-7-2/h8,10,14,16,20,22,26,28,32,34,62,64,70,72,77-78,82H,6-7,9,11-13,15,17-19,21,23-25,27,29-31,33,35-61,63,65-69,71,73-76H2,1-5H3,(H-,80,83,84,85)/b10-8-,16-14-,22-20-,28-26-,34-32-,64-62+,72-70+. The molecule has 9 heteroatoms. The number of carbonyl (C=O) groups excluding carboxylic acids is 1. The Bertz CT molecular complexity index is 1710. The second-order valence-corrected chi connectivity index (χ2v) is 28.4. The van der Waals surface area contributed by atoms with Crippen LogP contribution in [0, 0.1) is 0 Å². The molecule has 0 rings (SSSR count). The van der Waals surface area contributed by atoms with Gasteiger partial charge >= 0.3 is 0 Å². The van der Waals surface area contributed by atoms with Crippen LogP contribution in [0.5, 0.6) is 0 Å². The molecule has 0 aliphatic rings. The van der Waals surface area contributed by atoms with E-state index >= 15 is 0 Å². The molecule has 0 spiro atoms. The molecule has 0 saturated heterocycles. The van der Waals surface area contributed by atoms with Gasteiger partial charge < -0.3 is 28.8 Å². The van der Waals surface area contributed by atoms with Crippen molar-refractivity contribution < 1.29 is 32.9 Å². The van der Waals surface area contributed by atoms with Gasteiger partial charge in [0.2, 0.25) is 5.91 Å². The van der Waals surface area contributed by atoms with Crippen LogP contribution in [-0.4, -0.2) is 68.5 Å². The Morgan fingerprint density at radius 2 is 0.705 bits per heavy atom. The number of aliphatic hydroxyl groups excluding tert-OH is 1. The lowest BCUT2D eigenvalue weighted by Gasteiger charge is -2.29. The zero-order valence-electron chi connectivity index (χ0n) is 58.9. The first kappa shape index (κ1) is 85.7. The molecule has 0 radical (unpaired) electrons. The quantitative estimate of drug-likeness (QED) is 0.0272. The minimum atomic E-state index is -4.62. The molecule has 514 valence electrons. The van der Waals surface area contributed by atoms with Gasteiger partial charge in [0.1, 0.15) is 13.2 Å². The van der Waals surface area contributed by atoms with Crippen molar-refractivity contribution in [2.45, 2.75) is 373 Å². The van der Waals surface area contributed by atoms with Gasteiger partial charge in [0.05, 0.1) is 39.9 Å². The number of likely N-dealkylation sites (N-methyl/N-ethyl adjacent to an activating group) is 1. The van der Waals surface area contributed by atoms with Crippen molar-refractivity contribution in [1.29, 1.82) is 0 Å². The highest BCUT2D eigenvalue weighted by molar-refractivity contribution is 7.45. The Kier molecular flexibility index (Phi) is 67.2. The van der Waals surface area contributed by atoms with Gasteiger partial charge in [0.25, 0.3) is 7.82 Å². The second-order valence-electron chi connectivity index (χ2n) is 27.0. The topological polar surface area (TPSA) is 108 Å². The Morgan fingerprint density at radius 1 is 0.409 bits per heavy atom. The second kappa shape index (κ2) is 69.0.